The van der Waals surface area contributed by atoms with Gasteiger partial charge in [0.2, 0.25) is 0 Å². The van der Waals surface area contributed by atoms with Crippen LogP contribution in [0.5, 0.6) is 5.75 Å². The van der Waals surface area contributed by atoms with Crippen LogP contribution in [-0.2, 0) is 0 Å². The molecule has 0 aliphatic rings. The molecule has 0 saturated carbocycles. The van der Waals surface area contributed by atoms with Gasteiger partial charge >= 0.3 is 0 Å². The first-order valence-electron chi connectivity index (χ1n) is 10.2. The summed E-state index contributed by atoms with van der Waals surface area (Å²) in [5.41, 5.74) is 13.5. The summed E-state index contributed by atoms with van der Waals surface area (Å²) in [5.74, 6) is 1.36. The molecule has 5 heterocycles. The first-order valence-corrected chi connectivity index (χ1v) is 10.2. The first-order chi connectivity index (χ1) is 16.2. The van der Waals surface area contributed by atoms with E-state index in [1.165, 1.54) is 0 Å². The molecule has 0 atom stereocenters. The van der Waals surface area contributed by atoms with Gasteiger partial charge in [-0.25, -0.2) is 9.97 Å². The van der Waals surface area contributed by atoms with Gasteiger partial charge in [0.05, 0.1) is 35.2 Å². The van der Waals surface area contributed by atoms with E-state index in [1.54, 1.807) is 25.7 Å². The minimum Gasteiger partial charge on any atom is -0.497 e. The normalized spacial score (nSPS) is 11.3. The van der Waals surface area contributed by atoms with Gasteiger partial charge in [0.1, 0.15) is 16.8 Å². The molecule has 0 saturated heterocycles. The molecule has 0 bridgehead atoms. The highest BCUT2D eigenvalue weighted by Gasteiger charge is 2.17. The number of nitrogens with zero attached hydrogens (tertiary/aromatic N) is 5. The third-order valence-corrected chi connectivity index (χ3v) is 5.43. The van der Waals surface area contributed by atoms with Crippen molar-refractivity contribution in [2.75, 3.05) is 12.8 Å². The minimum atomic E-state index is 0.580. The molecule has 0 spiro atoms. The molecule has 160 valence electrons. The lowest BCUT2D eigenvalue weighted by molar-refractivity contribution is 0.415. The zero-order valence-corrected chi connectivity index (χ0v) is 17.6. The summed E-state index contributed by atoms with van der Waals surface area (Å²) >= 11 is 0. The summed E-state index contributed by atoms with van der Waals surface area (Å²) in [5, 5.41) is 7.52. The number of rotatable bonds is 4. The summed E-state index contributed by atoms with van der Waals surface area (Å²) in [6.07, 6.45) is 5.09. The highest BCUT2D eigenvalue weighted by Crippen LogP contribution is 2.31. The lowest BCUT2D eigenvalue weighted by Gasteiger charge is -2.04. The maximum absolute atomic E-state index is 5.90. The number of methoxy groups -OCH3 is 1. The van der Waals surface area contributed by atoms with Crippen molar-refractivity contribution in [3.8, 4) is 39.8 Å². The maximum Gasteiger partial charge on any atom is 0.161 e. The predicted molar refractivity (Wildman–Crippen MR) is 126 cm³/mol. The van der Waals surface area contributed by atoms with Gasteiger partial charge < -0.3 is 15.5 Å². The quantitative estimate of drug-likeness (QED) is 0.378. The van der Waals surface area contributed by atoms with E-state index < -0.39 is 0 Å². The van der Waals surface area contributed by atoms with Gasteiger partial charge in [0, 0.05) is 29.7 Å². The van der Waals surface area contributed by atoms with E-state index in [1.807, 2.05) is 48.5 Å². The number of aromatic amines is 2. The highest BCUT2D eigenvalue weighted by molar-refractivity contribution is 5.95. The van der Waals surface area contributed by atoms with Crippen molar-refractivity contribution in [2.24, 2.45) is 0 Å². The number of H-pyrrole nitrogens is 2. The largest absolute Gasteiger partial charge is 0.497 e. The van der Waals surface area contributed by atoms with Crippen molar-refractivity contribution in [1.82, 2.24) is 35.1 Å². The molecule has 9 heteroatoms. The lowest BCUT2D eigenvalue weighted by Crippen LogP contribution is -1.90. The van der Waals surface area contributed by atoms with Crippen LogP contribution < -0.4 is 10.5 Å². The van der Waals surface area contributed by atoms with Gasteiger partial charge in [0.15, 0.2) is 11.5 Å². The minimum absolute atomic E-state index is 0.580. The second-order valence-electron chi connectivity index (χ2n) is 7.54. The number of nitrogen functional groups attached to an aromatic ring is 1. The smallest absolute Gasteiger partial charge is 0.161 e. The Morgan fingerprint density at radius 3 is 2.67 bits per heavy atom. The summed E-state index contributed by atoms with van der Waals surface area (Å²) in [7, 11) is 1.64. The number of benzene rings is 1. The van der Waals surface area contributed by atoms with E-state index in [-0.39, 0.29) is 0 Å². The Bertz CT molecular complexity index is 1630. The third kappa shape index (κ3) is 3.23. The van der Waals surface area contributed by atoms with Crippen LogP contribution in [0.15, 0.2) is 67.1 Å². The monoisotopic (exact) mass is 434 g/mol. The van der Waals surface area contributed by atoms with Crippen molar-refractivity contribution < 1.29 is 4.74 Å². The van der Waals surface area contributed by atoms with Crippen LogP contribution in [0.2, 0.25) is 0 Å². The van der Waals surface area contributed by atoms with Crippen molar-refractivity contribution in [3.05, 3.63) is 67.1 Å². The van der Waals surface area contributed by atoms with E-state index in [9.17, 15) is 0 Å². The van der Waals surface area contributed by atoms with Gasteiger partial charge in [-0.05, 0) is 36.4 Å². The molecular formula is C24H18N8O. The van der Waals surface area contributed by atoms with Crippen LogP contribution in [-0.4, -0.2) is 42.2 Å². The van der Waals surface area contributed by atoms with Crippen LogP contribution in [0.4, 0.5) is 5.69 Å². The van der Waals surface area contributed by atoms with Gasteiger partial charge in [-0.3, -0.25) is 15.1 Å². The van der Waals surface area contributed by atoms with Gasteiger partial charge in [0.25, 0.3) is 0 Å². The fraction of sp³-hybridized carbons (Fsp3) is 0.0417. The number of hydrogen-bond donors (Lipinski definition) is 3. The lowest BCUT2D eigenvalue weighted by atomic mass is 10.1. The molecule has 0 radical (unpaired) electrons. The third-order valence-electron chi connectivity index (χ3n) is 5.43. The predicted octanol–water partition coefficient (Wildman–Crippen LogP) is 4.22. The average Bonchev–Trinajstić information content (AvgIpc) is 3.47. The summed E-state index contributed by atoms with van der Waals surface area (Å²) in [6, 6.07) is 15.3. The number of imidazole rings is 1. The van der Waals surface area contributed by atoms with E-state index in [0.717, 1.165) is 44.8 Å². The van der Waals surface area contributed by atoms with E-state index in [0.29, 0.717) is 22.7 Å². The number of ether oxygens (including phenoxy) is 1. The molecule has 6 rings (SSSR count). The number of hydrogen-bond acceptors (Lipinski definition) is 7. The summed E-state index contributed by atoms with van der Waals surface area (Å²) < 4.78 is 5.37. The second-order valence-corrected chi connectivity index (χ2v) is 7.54. The molecule has 1 aromatic carbocycles. The Morgan fingerprint density at radius 1 is 0.879 bits per heavy atom. The van der Waals surface area contributed by atoms with E-state index in [4.69, 9.17) is 20.4 Å². The van der Waals surface area contributed by atoms with Gasteiger partial charge in [-0.2, -0.15) is 5.10 Å². The summed E-state index contributed by atoms with van der Waals surface area (Å²) in [6.45, 7) is 0. The Hall–Kier alpha value is -4.79. The van der Waals surface area contributed by atoms with Gasteiger partial charge in [-0.1, -0.05) is 12.1 Å². The summed E-state index contributed by atoms with van der Waals surface area (Å²) in [4.78, 5) is 21.8. The fourth-order valence-corrected chi connectivity index (χ4v) is 3.85. The van der Waals surface area contributed by atoms with Crippen molar-refractivity contribution in [1.29, 1.82) is 0 Å². The van der Waals surface area contributed by atoms with E-state index in [2.05, 4.69) is 25.1 Å². The number of nitrogens with two attached hydrogens (primary N) is 1. The zero-order chi connectivity index (χ0) is 22.4. The molecule has 33 heavy (non-hydrogen) atoms. The van der Waals surface area contributed by atoms with Crippen LogP contribution >= 0.6 is 0 Å². The SMILES string of the molecule is COc1cccc(-c2nccc3[nH]c(-c4n[nH]c5ccc(-c6cncc(N)c6)nc45)nc23)c1. The first kappa shape index (κ1) is 18.9. The van der Waals surface area contributed by atoms with Crippen LogP contribution in [0.1, 0.15) is 0 Å². The molecule has 9 nitrogen and oxygen atoms in total. The number of aromatic nitrogens is 7. The van der Waals surface area contributed by atoms with E-state index >= 15 is 0 Å². The number of nitrogens with one attached hydrogen (secondary N) is 2. The Kier molecular flexibility index (Phi) is 4.25. The Balaban J connectivity index is 1.49. The van der Waals surface area contributed by atoms with Crippen molar-refractivity contribution in [3.63, 3.8) is 0 Å². The van der Waals surface area contributed by atoms with Crippen molar-refractivity contribution in [2.45, 2.75) is 0 Å². The topological polar surface area (TPSA) is 131 Å². The number of anilines is 1. The number of fused-ring (bicyclic) bond motifs is 2. The molecule has 0 aliphatic heterocycles. The fourth-order valence-electron chi connectivity index (χ4n) is 3.85. The van der Waals surface area contributed by atoms with Crippen LogP contribution in [0.3, 0.4) is 0 Å². The molecule has 0 unspecified atom stereocenters. The zero-order valence-electron chi connectivity index (χ0n) is 17.6. The Morgan fingerprint density at radius 2 is 1.79 bits per heavy atom. The van der Waals surface area contributed by atoms with Crippen molar-refractivity contribution >= 4 is 27.8 Å². The number of pyridine rings is 3. The maximum atomic E-state index is 5.90. The molecular weight excluding hydrogens is 416 g/mol. The van der Waals surface area contributed by atoms with Gasteiger partial charge in [-0.15, -0.1) is 0 Å². The second kappa shape index (κ2) is 7.41. The van der Waals surface area contributed by atoms with Crippen LogP contribution in [0.25, 0.3) is 56.1 Å². The molecule has 5 aromatic heterocycles. The average molecular weight is 434 g/mol. The molecule has 6 aromatic rings. The molecule has 4 N–H and O–H groups in total. The standard InChI is InChI=1S/C24H18N8O/c1-33-16-4-2-3-13(10-16)20-21-18(7-8-27-20)29-24(30-21)23-22-19(31-32-23)6-5-17(28-22)14-9-15(25)12-26-11-14/h2-12H,25H2,1H3,(H,29,30)(H,31,32). The highest BCUT2D eigenvalue weighted by atomic mass is 16.5. The molecule has 0 amide bonds. The molecule has 0 fully saturated rings. The van der Waals surface area contributed by atoms with Crippen LogP contribution in [0, 0.1) is 0 Å². The Labute approximate surface area is 187 Å². The molecule has 0 aliphatic carbocycles.